The van der Waals surface area contributed by atoms with Crippen molar-refractivity contribution in [3.05, 3.63) is 34.3 Å². The molecular formula is C17H24BrNOS. The Morgan fingerprint density at radius 1 is 1.10 bits per heavy atom. The Labute approximate surface area is 140 Å². The Morgan fingerprint density at radius 2 is 1.71 bits per heavy atom. The highest BCUT2D eigenvalue weighted by Gasteiger charge is 2.13. The summed E-state index contributed by atoms with van der Waals surface area (Å²) >= 11 is 5.12. The van der Waals surface area contributed by atoms with E-state index in [0.29, 0.717) is 11.8 Å². The third-order valence-corrected chi connectivity index (χ3v) is 5.42. The van der Waals surface area contributed by atoms with Gasteiger partial charge < -0.3 is 5.32 Å². The average molecular weight is 370 g/mol. The van der Waals surface area contributed by atoms with Crippen molar-refractivity contribution in [3.8, 4) is 0 Å². The summed E-state index contributed by atoms with van der Waals surface area (Å²) in [6.45, 7) is 0. The summed E-state index contributed by atoms with van der Waals surface area (Å²) in [6, 6.07) is 8.70. The van der Waals surface area contributed by atoms with Crippen LogP contribution in [0.2, 0.25) is 0 Å². The topological polar surface area (TPSA) is 29.1 Å². The van der Waals surface area contributed by atoms with E-state index in [4.69, 9.17) is 0 Å². The van der Waals surface area contributed by atoms with E-state index in [1.165, 1.54) is 37.7 Å². The molecule has 0 radical (unpaired) electrons. The molecular weight excluding hydrogens is 346 g/mol. The molecule has 1 fully saturated rings. The van der Waals surface area contributed by atoms with Gasteiger partial charge in [0, 0.05) is 16.3 Å². The van der Waals surface area contributed by atoms with Gasteiger partial charge >= 0.3 is 0 Å². The van der Waals surface area contributed by atoms with Crippen LogP contribution >= 0.6 is 27.7 Å². The molecule has 2 rings (SSSR count). The fraction of sp³-hybridized carbons (Fsp3) is 0.588. The second kappa shape index (κ2) is 9.52. The minimum Gasteiger partial charge on any atom is -0.353 e. The van der Waals surface area contributed by atoms with Gasteiger partial charge in [0.15, 0.2) is 0 Å². The highest BCUT2D eigenvalue weighted by atomic mass is 79.9. The van der Waals surface area contributed by atoms with Crippen LogP contribution in [0.1, 0.15) is 50.5 Å². The lowest BCUT2D eigenvalue weighted by molar-refractivity contribution is -0.119. The highest BCUT2D eigenvalue weighted by Crippen LogP contribution is 2.18. The van der Waals surface area contributed by atoms with Crippen LogP contribution in [-0.4, -0.2) is 17.7 Å². The molecule has 0 bridgehead atoms. The third kappa shape index (κ3) is 6.88. The maximum absolute atomic E-state index is 12.0. The first kappa shape index (κ1) is 16.9. The van der Waals surface area contributed by atoms with Gasteiger partial charge in [-0.2, -0.15) is 0 Å². The van der Waals surface area contributed by atoms with E-state index in [9.17, 15) is 4.79 Å². The van der Waals surface area contributed by atoms with Crippen molar-refractivity contribution in [1.82, 2.24) is 5.32 Å². The van der Waals surface area contributed by atoms with Gasteiger partial charge in [-0.25, -0.2) is 0 Å². The van der Waals surface area contributed by atoms with Gasteiger partial charge in [0.05, 0.1) is 5.75 Å². The minimum atomic E-state index is 0.197. The molecule has 1 aliphatic carbocycles. The molecule has 21 heavy (non-hydrogen) atoms. The fourth-order valence-corrected chi connectivity index (χ4v) is 3.78. The zero-order valence-electron chi connectivity index (χ0n) is 12.4. The molecule has 1 aromatic rings. The summed E-state index contributed by atoms with van der Waals surface area (Å²) in [5, 5.41) is 3.21. The van der Waals surface area contributed by atoms with Gasteiger partial charge in [-0.15, -0.1) is 11.8 Å². The van der Waals surface area contributed by atoms with Crippen molar-refractivity contribution in [3.63, 3.8) is 0 Å². The van der Waals surface area contributed by atoms with E-state index in [0.717, 1.165) is 23.1 Å². The van der Waals surface area contributed by atoms with Crippen molar-refractivity contribution < 1.29 is 4.79 Å². The molecule has 0 atom stereocenters. The van der Waals surface area contributed by atoms with Gasteiger partial charge in [-0.1, -0.05) is 60.2 Å². The van der Waals surface area contributed by atoms with Gasteiger partial charge in [-0.3, -0.25) is 4.79 Å². The molecule has 0 saturated heterocycles. The molecule has 0 aliphatic heterocycles. The Morgan fingerprint density at radius 3 is 2.38 bits per heavy atom. The van der Waals surface area contributed by atoms with Crippen molar-refractivity contribution >= 4 is 33.6 Å². The molecule has 1 aliphatic rings. The SMILES string of the molecule is O=C(CSCc1ccc(Br)cc1)NC1CCCCCCC1. The van der Waals surface area contributed by atoms with Crippen LogP contribution in [0.5, 0.6) is 0 Å². The molecule has 0 unspecified atom stereocenters. The molecule has 4 heteroatoms. The Kier molecular flexibility index (Phi) is 7.65. The second-order valence-corrected chi connectivity index (χ2v) is 7.63. The Balaban J connectivity index is 1.65. The van der Waals surface area contributed by atoms with Gasteiger partial charge in [0.1, 0.15) is 0 Å². The first-order valence-corrected chi connectivity index (χ1v) is 9.80. The molecule has 116 valence electrons. The van der Waals surface area contributed by atoms with Crippen LogP contribution in [0.25, 0.3) is 0 Å². The lowest BCUT2D eigenvalue weighted by Crippen LogP contribution is -2.36. The van der Waals surface area contributed by atoms with Crippen LogP contribution < -0.4 is 5.32 Å². The van der Waals surface area contributed by atoms with Gasteiger partial charge in [0.25, 0.3) is 0 Å². The number of thioether (sulfide) groups is 1. The highest BCUT2D eigenvalue weighted by molar-refractivity contribution is 9.10. The zero-order chi connectivity index (χ0) is 14.9. The summed E-state index contributed by atoms with van der Waals surface area (Å²) < 4.78 is 1.10. The van der Waals surface area contributed by atoms with Crippen LogP contribution in [0, 0.1) is 0 Å². The minimum absolute atomic E-state index is 0.197. The zero-order valence-corrected chi connectivity index (χ0v) is 14.8. The quantitative estimate of drug-likeness (QED) is 0.798. The Bertz CT molecular complexity index is 427. The fourth-order valence-electron chi connectivity index (χ4n) is 2.71. The molecule has 0 heterocycles. The molecule has 1 saturated carbocycles. The molecule has 1 aromatic carbocycles. The maximum Gasteiger partial charge on any atom is 0.230 e. The van der Waals surface area contributed by atoms with E-state index in [1.807, 2.05) is 12.1 Å². The monoisotopic (exact) mass is 369 g/mol. The molecule has 0 aromatic heterocycles. The predicted molar refractivity (Wildman–Crippen MR) is 94.6 cm³/mol. The standard InChI is InChI=1S/C17H24BrNOS/c18-15-10-8-14(9-11-15)12-21-13-17(20)19-16-6-4-2-1-3-5-7-16/h8-11,16H,1-7,12-13H2,(H,19,20). The van der Waals surface area contributed by atoms with E-state index >= 15 is 0 Å². The van der Waals surface area contributed by atoms with Crippen molar-refractivity contribution in [1.29, 1.82) is 0 Å². The molecule has 2 nitrogen and oxygen atoms in total. The lowest BCUT2D eigenvalue weighted by Gasteiger charge is -2.20. The summed E-state index contributed by atoms with van der Waals surface area (Å²) in [4.78, 5) is 12.0. The summed E-state index contributed by atoms with van der Waals surface area (Å²) in [5.74, 6) is 1.65. The van der Waals surface area contributed by atoms with Crippen LogP contribution in [0.4, 0.5) is 0 Å². The summed E-state index contributed by atoms with van der Waals surface area (Å²) in [6.07, 6.45) is 8.85. The van der Waals surface area contributed by atoms with Gasteiger partial charge in [-0.05, 0) is 30.5 Å². The first-order valence-electron chi connectivity index (χ1n) is 7.85. The number of hydrogen-bond donors (Lipinski definition) is 1. The number of hydrogen-bond acceptors (Lipinski definition) is 2. The smallest absolute Gasteiger partial charge is 0.230 e. The van der Waals surface area contributed by atoms with E-state index in [2.05, 4.69) is 33.4 Å². The lowest BCUT2D eigenvalue weighted by atomic mass is 9.97. The molecule has 0 spiro atoms. The molecule has 1 amide bonds. The third-order valence-electron chi connectivity index (χ3n) is 3.89. The van der Waals surface area contributed by atoms with Crippen LogP contribution in [0.15, 0.2) is 28.7 Å². The number of nitrogens with one attached hydrogen (secondary N) is 1. The van der Waals surface area contributed by atoms with Gasteiger partial charge in [0.2, 0.25) is 5.91 Å². The van der Waals surface area contributed by atoms with Crippen LogP contribution in [0.3, 0.4) is 0 Å². The van der Waals surface area contributed by atoms with Crippen LogP contribution in [-0.2, 0) is 10.5 Å². The number of rotatable bonds is 5. The predicted octanol–water partition coefficient (Wildman–Crippen LogP) is 4.91. The largest absolute Gasteiger partial charge is 0.353 e. The molecule has 1 N–H and O–H groups in total. The number of halogens is 1. The second-order valence-electron chi connectivity index (χ2n) is 5.73. The normalized spacial score (nSPS) is 17.0. The number of amides is 1. The van der Waals surface area contributed by atoms with Crippen molar-refractivity contribution in [2.24, 2.45) is 0 Å². The average Bonchev–Trinajstić information content (AvgIpc) is 2.44. The first-order chi connectivity index (χ1) is 10.2. The number of carbonyl (C=O) groups excluding carboxylic acids is 1. The van der Waals surface area contributed by atoms with Crippen molar-refractivity contribution in [2.75, 3.05) is 5.75 Å². The van der Waals surface area contributed by atoms with E-state index in [1.54, 1.807) is 11.8 Å². The van der Waals surface area contributed by atoms with E-state index < -0.39 is 0 Å². The maximum atomic E-state index is 12.0. The summed E-state index contributed by atoms with van der Waals surface area (Å²) in [7, 11) is 0. The van der Waals surface area contributed by atoms with Crippen molar-refractivity contribution in [2.45, 2.75) is 56.7 Å². The summed E-state index contributed by atoms with van der Waals surface area (Å²) in [5.41, 5.74) is 1.27. The number of benzene rings is 1. The Hall–Kier alpha value is -0.480. The van der Waals surface area contributed by atoms with E-state index in [-0.39, 0.29) is 5.91 Å². The number of carbonyl (C=O) groups is 1.